The highest BCUT2D eigenvalue weighted by Crippen LogP contribution is 2.57. The van der Waals surface area contributed by atoms with Crippen LogP contribution in [0.4, 0.5) is 0 Å². The van der Waals surface area contributed by atoms with Crippen LogP contribution in [0.3, 0.4) is 0 Å². The molecule has 1 unspecified atom stereocenters. The minimum absolute atomic E-state index is 0.0789. The van der Waals surface area contributed by atoms with Crippen molar-refractivity contribution >= 4 is 7.82 Å². The van der Waals surface area contributed by atoms with Gasteiger partial charge in [0.05, 0.1) is 24.7 Å². The molecule has 1 fully saturated rings. The Kier molecular flexibility index (Phi) is 2.22. The first-order valence-corrected chi connectivity index (χ1v) is 6.49. The molecule has 80 valence electrons. The predicted octanol–water partition coefficient (Wildman–Crippen LogP) is 1.88. The van der Waals surface area contributed by atoms with Crippen LogP contribution in [0.25, 0.3) is 0 Å². The van der Waals surface area contributed by atoms with Gasteiger partial charge in [-0.15, -0.1) is 0 Å². The summed E-state index contributed by atoms with van der Waals surface area (Å²) in [5, 5.41) is 0. The molecule has 2 aliphatic heterocycles. The summed E-state index contributed by atoms with van der Waals surface area (Å²) in [6.45, 7) is 0.292. The van der Waals surface area contributed by atoms with E-state index in [4.69, 9.17) is 13.6 Å². The second-order valence-electron chi connectivity index (χ2n) is 3.86. The molecule has 0 radical (unpaired) electrons. The first-order chi connectivity index (χ1) is 7.23. The lowest BCUT2D eigenvalue weighted by atomic mass is 10.0. The first kappa shape index (κ1) is 9.62. The molecular weight excluding hydrogens is 215 g/mol. The Morgan fingerprint density at radius 2 is 2.27 bits per heavy atom. The molecule has 5 heteroatoms. The summed E-state index contributed by atoms with van der Waals surface area (Å²) < 4.78 is 27.6. The van der Waals surface area contributed by atoms with Crippen LogP contribution < -0.4 is 0 Å². The first-order valence-electron chi connectivity index (χ1n) is 5.03. The van der Waals surface area contributed by atoms with E-state index >= 15 is 0 Å². The number of rotatable bonds is 2. The molecule has 1 saturated heterocycles. The largest absolute Gasteiger partial charge is 0.475 e. The topological polar surface area (TPSA) is 44.8 Å². The van der Waals surface area contributed by atoms with Crippen LogP contribution in [-0.4, -0.2) is 18.8 Å². The summed E-state index contributed by atoms with van der Waals surface area (Å²) in [5.41, 5.74) is 0. The molecule has 2 heterocycles. The molecule has 3 atom stereocenters. The molecular formula is C10H11O4P. The van der Waals surface area contributed by atoms with Crippen molar-refractivity contribution in [3.63, 3.8) is 0 Å². The standard InChI is InChI=1S/C10H11O4P/c11-15-12-5-1-2-9(13-15)7-10(14-15)6-8-3-4-8/h1-2,8-10H,5-7H2/t9-,10+,15?/m1/s1. The molecule has 0 saturated carbocycles. The van der Waals surface area contributed by atoms with Crippen molar-refractivity contribution in [3.05, 3.63) is 12.2 Å². The molecule has 1 aliphatic carbocycles. The molecule has 3 rings (SSSR count). The minimum Gasteiger partial charge on any atom is -0.283 e. The zero-order valence-electron chi connectivity index (χ0n) is 8.09. The molecule has 0 spiro atoms. The minimum atomic E-state index is -3.31. The normalized spacial score (nSPS) is 42.9. The van der Waals surface area contributed by atoms with Gasteiger partial charge < -0.3 is 0 Å². The van der Waals surface area contributed by atoms with Gasteiger partial charge >= 0.3 is 7.82 Å². The highest BCUT2D eigenvalue weighted by Gasteiger charge is 2.41. The Labute approximate surface area is 88.2 Å². The van der Waals surface area contributed by atoms with Gasteiger partial charge in [-0.25, -0.2) is 4.57 Å². The van der Waals surface area contributed by atoms with Crippen molar-refractivity contribution in [2.75, 3.05) is 6.61 Å². The molecule has 4 nitrogen and oxygen atoms in total. The van der Waals surface area contributed by atoms with E-state index in [0.29, 0.717) is 6.61 Å². The van der Waals surface area contributed by atoms with E-state index in [1.807, 2.05) is 12.2 Å². The molecule has 15 heavy (non-hydrogen) atoms. The average Bonchev–Trinajstić information content (AvgIpc) is 2.95. The molecule has 0 aromatic carbocycles. The summed E-state index contributed by atoms with van der Waals surface area (Å²) >= 11 is 0. The third kappa shape index (κ3) is 2.16. The summed E-state index contributed by atoms with van der Waals surface area (Å²) in [6, 6.07) is 0. The second-order valence-corrected chi connectivity index (χ2v) is 5.43. The molecule has 0 aromatic rings. The maximum absolute atomic E-state index is 11.9. The van der Waals surface area contributed by atoms with Gasteiger partial charge in [-0.2, -0.15) is 0 Å². The molecule has 2 bridgehead atoms. The summed E-state index contributed by atoms with van der Waals surface area (Å²) in [4.78, 5) is 0. The van der Waals surface area contributed by atoms with Gasteiger partial charge in [0.2, 0.25) is 0 Å². The third-order valence-electron chi connectivity index (χ3n) is 2.56. The average molecular weight is 226 g/mol. The maximum Gasteiger partial charge on any atom is 0.475 e. The van der Waals surface area contributed by atoms with Crippen molar-refractivity contribution in [1.29, 1.82) is 0 Å². The van der Waals surface area contributed by atoms with Crippen LogP contribution in [0.2, 0.25) is 0 Å². The monoisotopic (exact) mass is 226 g/mol. The van der Waals surface area contributed by atoms with Gasteiger partial charge in [-0.1, -0.05) is 24.0 Å². The molecule has 0 N–H and O–H groups in total. The number of fused-ring (bicyclic) bond motifs is 2. The van der Waals surface area contributed by atoms with Gasteiger partial charge in [0.1, 0.15) is 0 Å². The van der Waals surface area contributed by atoms with Crippen molar-refractivity contribution in [2.24, 2.45) is 5.92 Å². The Morgan fingerprint density at radius 3 is 3.07 bits per heavy atom. The summed E-state index contributed by atoms with van der Waals surface area (Å²) in [6.07, 6.45) is 5.00. The fraction of sp³-hybridized carbons (Fsp3) is 0.600. The lowest BCUT2D eigenvalue weighted by Gasteiger charge is -2.31. The molecule has 0 aromatic heterocycles. The van der Waals surface area contributed by atoms with E-state index in [1.54, 1.807) is 0 Å². The Hall–Kier alpha value is -0.590. The van der Waals surface area contributed by atoms with Crippen LogP contribution in [0.15, 0.2) is 12.2 Å². The van der Waals surface area contributed by atoms with Gasteiger partial charge in [0, 0.05) is 6.42 Å². The van der Waals surface area contributed by atoms with Crippen LogP contribution in [-0.2, 0) is 18.1 Å². The second kappa shape index (κ2) is 3.47. The van der Waals surface area contributed by atoms with Crippen LogP contribution >= 0.6 is 7.82 Å². The number of hydrogen-bond donors (Lipinski definition) is 0. The third-order valence-corrected chi connectivity index (χ3v) is 4.12. The van der Waals surface area contributed by atoms with Crippen LogP contribution in [0.1, 0.15) is 12.8 Å². The lowest BCUT2D eigenvalue weighted by molar-refractivity contribution is 0.00892. The molecule has 0 amide bonds. The Bertz CT molecular complexity index is 397. The zero-order chi connectivity index (χ0) is 10.3. The van der Waals surface area contributed by atoms with Crippen molar-refractivity contribution in [1.82, 2.24) is 0 Å². The fourth-order valence-corrected chi connectivity index (χ4v) is 3.28. The lowest BCUT2D eigenvalue weighted by Crippen LogP contribution is -2.27. The van der Waals surface area contributed by atoms with Gasteiger partial charge in [0.15, 0.2) is 0 Å². The number of phosphoric ester groups is 1. The van der Waals surface area contributed by atoms with Crippen LogP contribution in [0, 0.1) is 17.8 Å². The van der Waals surface area contributed by atoms with Gasteiger partial charge in [-0.3, -0.25) is 13.6 Å². The van der Waals surface area contributed by atoms with Crippen molar-refractivity contribution in [2.45, 2.75) is 25.0 Å². The van der Waals surface area contributed by atoms with E-state index in [-0.39, 0.29) is 18.1 Å². The fourth-order valence-electron chi connectivity index (χ4n) is 1.81. The Morgan fingerprint density at radius 1 is 1.40 bits per heavy atom. The maximum atomic E-state index is 11.9. The van der Waals surface area contributed by atoms with E-state index in [2.05, 4.69) is 11.8 Å². The highest BCUT2D eigenvalue weighted by molar-refractivity contribution is 7.48. The predicted molar refractivity (Wildman–Crippen MR) is 52.9 cm³/mol. The van der Waals surface area contributed by atoms with Gasteiger partial charge in [-0.05, 0) is 6.42 Å². The quantitative estimate of drug-likeness (QED) is 0.409. The van der Waals surface area contributed by atoms with E-state index in [9.17, 15) is 4.57 Å². The number of hydrogen-bond acceptors (Lipinski definition) is 4. The highest BCUT2D eigenvalue weighted by atomic mass is 31.2. The smallest absolute Gasteiger partial charge is 0.283 e. The summed E-state index contributed by atoms with van der Waals surface area (Å²) in [5.74, 6) is 6.18. The summed E-state index contributed by atoms with van der Waals surface area (Å²) in [7, 11) is -3.31. The van der Waals surface area contributed by atoms with E-state index < -0.39 is 7.82 Å². The van der Waals surface area contributed by atoms with Gasteiger partial charge in [0.25, 0.3) is 0 Å². The van der Waals surface area contributed by atoms with Crippen LogP contribution in [0.5, 0.6) is 0 Å². The SMILES string of the molecule is O=P12OCC=C[C@H](C[C@H](CC3C#C3)O1)O2. The molecule has 3 aliphatic rings. The van der Waals surface area contributed by atoms with E-state index in [1.165, 1.54) is 0 Å². The van der Waals surface area contributed by atoms with Crippen molar-refractivity contribution < 1.29 is 18.1 Å². The van der Waals surface area contributed by atoms with E-state index in [0.717, 1.165) is 12.8 Å². The Balaban J connectivity index is 1.72. The van der Waals surface area contributed by atoms with Crippen molar-refractivity contribution in [3.8, 4) is 11.8 Å². The number of phosphoric acid groups is 1. The zero-order valence-corrected chi connectivity index (χ0v) is 8.98.